The summed E-state index contributed by atoms with van der Waals surface area (Å²) in [5, 5.41) is 18.5. The van der Waals surface area contributed by atoms with Crippen molar-refractivity contribution in [2.45, 2.75) is 27.3 Å². The van der Waals surface area contributed by atoms with Gasteiger partial charge in [0.1, 0.15) is 5.75 Å². The third-order valence-corrected chi connectivity index (χ3v) is 3.07. The summed E-state index contributed by atoms with van der Waals surface area (Å²) in [5.74, 6) is 1.38. The molecule has 0 aromatic heterocycles. The van der Waals surface area contributed by atoms with Gasteiger partial charge in [0.05, 0.1) is 7.11 Å². The fourth-order valence-corrected chi connectivity index (χ4v) is 2.15. The van der Waals surface area contributed by atoms with E-state index in [4.69, 9.17) is 4.74 Å². The minimum absolute atomic E-state index is 0.497. The number of nitrogens with zero attached hydrogens (tertiary/aromatic N) is 1. The summed E-state index contributed by atoms with van der Waals surface area (Å²) in [6, 6.07) is 5.26. The van der Waals surface area contributed by atoms with Crippen molar-refractivity contribution in [1.82, 2.24) is 4.90 Å². The first kappa shape index (κ1) is 16.0. The quantitative estimate of drug-likeness (QED) is 0.718. The van der Waals surface area contributed by atoms with Crippen LogP contribution in [0.4, 0.5) is 0 Å². The highest BCUT2D eigenvalue weighted by molar-refractivity contribution is 6.58. The molecule has 0 fully saturated rings. The van der Waals surface area contributed by atoms with Crippen LogP contribution in [0.2, 0.25) is 0 Å². The molecular formula is C14H24BNO3. The predicted molar refractivity (Wildman–Crippen MR) is 78.6 cm³/mol. The molecule has 1 rings (SSSR count). The molecular weight excluding hydrogens is 241 g/mol. The fraction of sp³-hybridized carbons (Fsp3) is 0.571. The molecule has 0 aliphatic carbocycles. The molecule has 5 heteroatoms. The molecule has 0 saturated heterocycles. The van der Waals surface area contributed by atoms with E-state index in [0.717, 1.165) is 30.9 Å². The zero-order chi connectivity index (χ0) is 14.4. The maximum absolute atomic E-state index is 9.25. The summed E-state index contributed by atoms with van der Waals surface area (Å²) in [5.41, 5.74) is 1.48. The second kappa shape index (κ2) is 7.53. The van der Waals surface area contributed by atoms with Gasteiger partial charge in [-0.25, -0.2) is 0 Å². The van der Waals surface area contributed by atoms with Crippen LogP contribution < -0.4 is 10.2 Å². The van der Waals surface area contributed by atoms with Crippen molar-refractivity contribution in [2.75, 3.05) is 20.2 Å². The first-order chi connectivity index (χ1) is 8.97. The third kappa shape index (κ3) is 4.86. The lowest BCUT2D eigenvalue weighted by Crippen LogP contribution is -2.32. The smallest absolute Gasteiger partial charge is 0.488 e. The van der Waals surface area contributed by atoms with Crippen molar-refractivity contribution in [3.05, 3.63) is 23.8 Å². The summed E-state index contributed by atoms with van der Waals surface area (Å²) in [6.45, 7) is 9.21. The summed E-state index contributed by atoms with van der Waals surface area (Å²) in [4.78, 5) is 2.32. The second-order valence-electron chi connectivity index (χ2n) is 5.17. The minimum atomic E-state index is -1.44. The van der Waals surface area contributed by atoms with E-state index >= 15 is 0 Å². The van der Waals surface area contributed by atoms with Gasteiger partial charge in [0.15, 0.2) is 0 Å². The van der Waals surface area contributed by atoms with Crippen LogP contribution in [-0.2, 0) is 6.54 Å². The largest absolute Gasteiger partial charge is 0.496 e. The lowest BCUT2D eigenvalue weighted by Gasteiger charge is -2.23. The molecule has 0 bridgehead atoms. The second-order valence-corrected chi connectivity index (χ2v) is 5.17. The normalized spacial score (nSPS) is 11.2. The van der Waals surface area contributed by atoms with E-state index in [9.17, 15) is 10.0 Å². The molecule has 0 radical (unpaired) electrons. The van der Waals surface area contributed by atoms with Crippen LogP contribution in [-0.4, -0.2) is 42.3 Å². The number of hydrogen-bond acceptors (Lipinski definition) is 4. The van der Waals surface area contributed by atoms with Crippen molar-refractivity contribution >= 4 is 12.6 Å². The highest BCUT2D eigenvalue weighted by atomic mass is 16.5. The summed E-state index contributed by atoms with van der Waals surface area (Å²) < 4.78 is 5.34. The first-order valence-electron chi connectivity index (χ1n) is 6.73. The van der Waals surface area contributed by atoms with E-state index in [1.165, 1.54) is 0 Å². The number of benzene rings is 1. The van der Waals surface area contributed by atoms with E-state index in [1.807, 2.05) is 0 Å². The Morgan fingerprint density at radius 3 is 2.47 bits per heavy atom. The lowest BCUT2D eigenvalue weighted by molar-refractivity contribution is 0.245. The first-order valence-corrected chi connectivity index (χ1v) is 6.73. The van der Waals surface area contributed by atoms with Gasteiger partial charge in [-0.05, 0) is 24.0 Å². The molecule has 0 unspecified atom stereocenters. The van der Waals surface area contributed by atoms with Crippen molar-refractivity contribution in [1.29, 1.82) is 0 Å². The number of ether oxygens (including phenoxy) is 1. The van der Waals surface area contributed by atoms with Crippen LogP contribution in [0.5, 0.6) is 5.75 Å². The SMILES string of the molecule is CCN(Cc1cc(B(O)O)ccc1OC)CC(C)C. The van der Waals surface area contributed by atoms with Crippen LogP contribution in [0.1, 0.15) is 26.3 Å². The van der Waals surface area contributed by atoms with Crippen molar-refractivity contribution in [2.24, 2.45) is 5.92 Å². The Morgan fingerprint density at radius 1 is 1.32 bits per heavy atom. The topological polar surface area (TPSA) is 52.9 Å². The van der Waals surface area contributed by atoms with E-state index in [-0.39, 0.29) is 0 Å². The molecule has 19 heavy (non-hydrogen) atoms. The monoisotopic (exact) mass is 265 g/mol. The molecule has 0 atom stereocenters. The maximum Gasteiger partial charge on any atom is 0.488 e. The Hall–Kier alpha value is -1.04. The van der Waals surface area contributed by atoms with Crippen LogP contribution >= 0.6 is 0 Å². The van der Waals surface area contributed by atoms with Gasteiger partial charge in [-0.1, -0.05) is 32.9 Å². The van der Waals surface area contributed by atoms with Gasteiger partial charge in [0, 0.05) is 18.7 Å². The zero-order valence-corrected chi connectivity index (χ0v) is 12.3. The maximum atomic E-state index is 9.25. The molecule has 4 nitrogen and oxygen atoms in total. The van der Waals surface area contributed by atoms with Gasteiger partial charge in [0.25, 0.3) is 0 Å². The number of methoxy groups -OCH3 is 1. The summed E-state index contributed by atoms with van der Waals surface area (Å²) >= 11 is 0. The molecule has 0 saturated carbocycles. The van der Waals surface area contributed by atoms with Crippen LogP contribution in [0.25, 0.3) is 0 Å². The van der Waals surface area contributed by atoms with Crippen LogP contribution in [0.3, 0.4) is 0 Å². The predicted octanol–water partition coefficient (Wildman–Crippen LogP) is 0.853. The Balaban J connectivity index is 2.92. The van der Waals surface area contributed by atoms with Gasteiger partial charge in [0.2, 0.25) is 0 Å². The van der Waals surface area contributed by atoms with Gasteiger partial charge >= 0.3 is 7.12 Å². The summed E-state index contributed by atoms with van der Waals surface area (Å²) in [6.07, 6.45) is 0. The van der Waals surface area contributed by atoms with Crippen LogP contribution in [0.15, 0.2) is 18.2 Å². The highest BCUT2D eigenvalue weighted by Crippen LogP contribution is 2.19. The number of hydrogen-bond donors (Lipinski definition) is 2. The third-order valence-electron chi connectivity index (χ3n) is 3.07. The van der Waals surface area contributed by atoms with E-state index < -0.39 is 7.12 Å². The molecule has 2 N–H and O–H groups in total. The molecule has 1 aromatic rings. The zero-order valence-electron chi connectivity index (χ0n) is 12.3. The lowest BCUT2D eigenvalue weighted by atomic mass is 9.79. The average Bonchev–Trinajstić information content (AvgIpc) is 2.37. The van der Waals surface area contributed by atoms with Crippen LogP contribution in [0, 0.1) is 5.92 Å². The van der Waals surface area contributed by atoms with E-state index in [2.05, 4.69) is 25.7 Å². The Bertz CT molecular complexity index is 396. The van der Waals surface area contributed by atoms with Crippen molar-refractivity contribution < 1.29 is 14.8 Å². The Kier molecular flexibility index (Phi) is 6.35. The molecule has 0 aliphatic heterocycles. The molecule has 0 aliphatic rings. The molecule has 0 heterocycles. The average molecular weight is 265 g/mol. The van der Waals surface area contributed by atoms with Gasteiger partial charge in [-0.15, -0.1) is 0 Å². The highest BCUT2D eigenvalue weighted by Gasteiger charge is 2.15. The van der Waals surface area contributed by atoms with Crippen molar-refractivity contribution in [3.8, 4) is 5.75 Å². The van der Waals surface area contributed by atoms with E-state index in [0.29, 0.717) is 11.4 Å². The number of rotatable bonds is 7. The summed E-state index contributed by atoms with van der Waals surface area (Å²) in [7, 11) is 0.192. The molecule has 0 spiro atoms. The Morgan fingerprint density at radius 2 is 2.00 bits per heavy atom. The fourth-order valence-electron chi connectivity index (χ4n) is 2.15. The molecule has 0 amide bonds. The van der Waals surface area contributed by atoms with Gasteiger partial charge in [-0.2, -0.15) is 0 Å². The van der Waals surface area contributed by atoms with E-state index in [1.54, 1.807) is 25.3 Å². The molecule has 106 valence electrons. The Labute approximate surface area is 116 Å². The van der Waals surface area contributed by atoms with Gasteiger partial charge < -0.3 is 14.8 Å². The van der Waals surface area contributed by atoms with Gasteiger partial charge in [-0.3, -0.25) is 4.90 Å². The minimum Gasteiger partial charge on any atom is -0.496 e. The van der Waals surface area contributed by atoms with Crippen molar-refractivity contribution in [3.63, 3.8) is 0 Å². The standard InChI is InChI=1S/C14H24BNO3/c1-5-16(9-11(2)3)10-12-8-13(15(17)18)6-7-14(12)19-4/h6-8,11,17-18H,5,9-10H2,1-4H3. The molecule has 1 aromatic carbocycles.